The molecule has 0 saturated heterocycles. The van der Waals surface area contributed by atoms with E-state index >= 15 is 0 Å². The van der Waals surface area contributed by atoms with Gasteiger partial charge in [0.1, 0.15) is 0 Å². The lowest BCUT2D eigenvalue weighted by Crippen LogP contribution is -2.29. The Morgan fingerprint density at radius 2 is 2.00 bits per heavy atom. The molecule has 1 aromatic rings. The number of carbonyl (C=O) groups is 1. The van der Waals surface area contributed by atoms with Crippen LogP contribution in [-0.4, -0.2) is 31.6 Å². The molecule has 0 aromatic heterocycles. The number of benzene rings is 1. The minimum atomic E-state index is -0.153. The van der Waals surface area contributed by atoms with Crippen molar-refractivity contribution in [2.45, 2.75) is 13.5 Å². The average Bonchev–Trinajstić information content (AvgIpc) is 2.30. The van der Waals surface area contributed by atoms with E-state index in [0.717, 1.165) is 6.54 Å². The van der Waals surface area contributed by atoms with E-state index in [-0.39, 0.29) is 11.9 Å². The van der Waals surface area contributed by atoms with Crippen LogP contribution in [0.1, 0.15) is 12.5 Å². The lowest BCUT2D eigenvalue weighted by molar-refractivity contribution is -0.145. The molecule has 4 heteroatoms. The Hall–Kier alpha value is -0.620. The predicted molar refractivity (Wildman–Crippen MR) is 76.7 cm³/mol. The first kappa shape index (κ1) is 14.4. The van der Waals surface area contributed by atoms with Gasteiger partial charge >= 0.3 is 5.97 Å². The van der Waals surface area contributed by atoms with E-state index < -0.39 is 0 Å². The normalized spacial score (nSPS) is 12.5. The van der Waals surface area contributed by atoms with Gasteiger partial charge < -0.3 is 9.64 Å². The molecule has 0 spiro atoms. The number of carbonyl (C=O) groups excluding carboxylic acids is 1. The van der Waals surface area contributed by atoms with Crippen LogP contribution < -0.4 is 0 Å². The highest BCUT2D eigenvalue weighted by atomic mass is 127. The van der Waals surface area contributed by atoms with Gasteiger partial charge in [0, 0.05) is 16.7 Å². The molecule has 0 amide bonds. The summed E-state index contributed by atoms with van der Waals surface area (Å²) in [7, 11) is 3.44. The average molecular weight is 347 g/mol. The molecule has 1 unspecified atom stereocenters. The minimum absolute atomic E-state index is 0.0890. The molecule has 0 saturated carbocycles. The molecule has 0 bridgehead atoms. The molecular formula is C13H18INO2. The molecule has 1 rings (SSSR count). The molecule has 0 fully saturated rings. The van der Waals surface area contributed by atoms with E-state index in [1.54, 1.807) is 0 Å². The number of hydrogen-bond donors (Lipinski definition) is 0. The largest absolute Gasteiger partial charge is 0.469 e. The Morgan fingerprint density at radius 1 is 1.41 bits per heavy atom. The topological polar surface area (TPSA) is 29.5 Å². The van der Waals surface area contributed by atoms with Gasteiger partial charge in [-0.25, -0.2) is 0 Å². The Morgan fingerprint density at radius 3 is 2.53 bits per heavy atom. The fourth-order valence-electron chi connectivity index (χ4n) is 1.71. The fourth-order valence-corrected chi connectivity index (χ4v) is 2.07. The second-order valence-electron chi connectivity index (χ2n) is 4.25. The zero-order valence-corrected chi connectivity index (χ0v) is 12.6. The van der Waals surface area contributed by atoms with Crippen molar-refractivity contribution in [3.8, 4) is 0 Å². The molecule has 0 radical (unpaired) electrons. The smallest absolute Gasteiger partial charge is 0.309 e. The molecule has 0 aliphatic carbocycles. The number of hydrogen-bond acceptors (Lipinski definition) is 3. The SMILES string of the molecule is COC(=O)C(C)CN(C)Cc1ccc(I)cc1. The molecule has 0 heterocycles. The van der Waals surface area contributed by atoms with Gasteiger partial charge in [0.2, 0.25) is 0 Å². The van der Waals surface area contributed by atoms with Crippen LogP contribution in [0.25, 0.3) is 0 Å². The van der Waals surface area contributed by atoms with Crippen molar-refractivity contribution in [3.63, 3.8) is 0 Å². The number of ether oxygens (including phenoxy) is 1. The molecule has 1 aromatic carbocycles. The van der Waals surface area contributed by atoms with Gasteiger partial charge in [0.05, 0.1) is 13.0 Å². The zero-order chi connectivity index (χ0) is 12.8. The number of halogens is 1. The van der Waals surface area contributed by atoms with Crippen LogP contribution in [0, 0.1) is 9.49 Å². The maximum atomic E-state index is 11.3. The van der Waals surface area contributed by atoms with Crippen LogP contribution in [0.15, 0.2) is 24.3 Å². The van der Waals surface area contributed by atoms with Gasteiger partial charge in [-0.05, 0) is 47.3 Å². The third kappa shape index (κ3) is 5.04. The van der Waals surface area contributed by atoms with Crippen LogP contribution >= 0.6 is 22.6 Å². The quantitative estimate of drug-likeness (QED) is 0.606. The number of nitrogens with zero attached hydrogens (tertiary/aromatic N) is 1. The van der Waals surface area contributed by atoms with E-state index in [2.05, 4.69) is 51.8 Å². The molecule has 1 atom stereocenters. The van der Waals surface area contributed by atoms with E-state index in [9.17, 15) is 4.79 Å². The molecule has 0 aliphatic rings. The third-order valence-corrected chi connectivity index (χ3v) is 3.27. The van der Waals surface area contributed by atoms with Crippen molar-refractivity contribution >= 4 is 28.6 Å². The van der Waals surface area contributed by atoms with Crippen molar-refractivity contribution in [3.05, 3.63) is 33.4 Å². The summed E-state index contributed by atoms with van der Waals surface area (Å²) in [5.41, 5.74) is 1.25. The van der Waals surface area contributed by atoms with Gasteiger partial charge in [0.25, 0.3) is 0 Å². The maximum Gasteiger partial charge on any atom is 0.309 e. The lowest BCUT2D eigenvalue weighted by atomic mass is 10.1. The molecule has 0 N–H and O–H groups in total. The number of rotatable bonds is 5. The Balaban J connectivity index is 2.46. The summed E-state index contributed by atoms with van der Waals surface area (Å²) in [5, 5.41) is 0. The monoisotopic (exact) mass is 347 g/mol. The molecule has 94 valence electrons. The lowest BCUT2D eigenvalue weighted by Gasteiger charge is -2.19. The third-order valence-electron chi connectivity index (χ3n) is 2.55. The van der Waals surface area contributed by atoms with Crippen LogP contribution in [0.3, 0.4) is 0 Å². The maximum absolute atomic E-state index is 11.3. The summed E-state index contributed by atoms with van der Waals surface area (Å²) < 4.78 is 5.95. The van der Waals surface area contributed by atoms with Gasteiger partial charge in [-0.15, -0.1) is 0 Å². The summed E-state index contributed by atoms with van der Waals surface area (Å²) >= 11 is 2.29. The van der Waals surface area contributed by atoms with Crippen LogP contribution in [0.2, 0.25) is 0 Å². The Kier molecular flexibility index (Phi) is 5.91. The van der Waals surface area contributed by atoms with E-state index in [1.807, 2.05) is 14.0 Å². The summed E-state index contributed by atoms with van der Waals surface area (Å²) in [5.74, 6) is -0.242. The first-order chi connectivity index (χ1) is 8.02. The van der Waals surface area contributed by atoms with Crippen LogP contribution in [-0.2, 0) is 16.1 Å². The van der Waals surface area contributed by atoms with Gasteiger partial charge in [-0.3, -0.25) is 4.79 Å². The number of esters is 1. The predicted octanol–water partition coefficient (Wildman–Crippen LogP) is 2.53. The molecule has 3 nitrogen and oxygen atoms in total. The Bertz CT molecular complexity index is 364. The first-order valence-electron chi connectivity index (χ1n) is 5.53. The van der Waals surface area contributed by atoms with Crippen LogP contribution in [0.4, 0.5) is 0 Å². The van der Waals surface area contributed by atoms with E-state index in [0.29, 0.717) is 6.54 Å². The van der Waals surface area contributed by atoms with Crippen LogP contribution in [0.5, 0.6) is 0 Å². The summed E-state index contributed by atoms with van der Waals surface area (Å²) in [6.45, 7) is 3.44. The van der Waals surface area contributed by atoms with Crippen molar-refractivity contribution in [2.24, 2.45) is 5.92 Å². The number of methoxy groups -OCH3 is 1. The van der Waals surface area contributed by atoms with Crippen molar-refractivity contribution in [2.75, 3.05) is 20.7 Å². The summed E-state index contributed by atoms with van der Waals surface area (Å²) in [6.07, 6.45) is 0. The Labute approximate surface area is 116 Å². The van der Waals surface area contributed by atoms with Gasteiger partial charge in [0.15, 0.2) is 0 Å². The summed E-state index contributed by atoms with van der Waals surface area (Å²) in [6, 6.07) is 8.41. The highest BCUT2D eigenvalue weighted by Crippen LogP contribution is 2.10. The second kappa shape index (κ2) is 6.96. The van der Waals surface area contributed by atoms with Crippen molar-refractivity contribution in [1.82, 2.24) is 4.90 Å². The molecule has 17 heavy (non-hydrogen) atoms. The molecule has 0 aliphatic heterocycles. The van der Waals surface area contributed by atoms with Crippen molar-refractivity contribution < 1.29 is 9.53 Å². The zero-order valence-electron chi connectivity index (χ0n) is 10.4. The van der Waals surface area contributed by atoms with Gasteiger partial charge in [-0.2, -0.15) is 0 Å². The fraction of sp³-hybridized carbons (Fsp3) is 0.462. The highest BCUT2D eigenvalue weighted by molar-refractivity contribution is 14.1. The molecular weight excluding hydrogens is 329 g/mol. The highest BCUT2D eigenvalue weighted by Gasteiger charge is 2.15. The van der Waals surface area contributed by atoms with E-state index in [4.69, 9.17) is 4.74 Å². The standard InChI is InChI=1S/C13H18INO2/c1-10(13(16)17-3)8-15(2)9-11-4-6-12(14)7-5-11/h4-7,10H,8-9H2,1-3H3. The van der Waals surface area contributed by atoms with Gasteiger partial charge in [-0.1, -0.05) is 19.1 Å². The minimum Gasteiger partial charge on any atom is -0.469 e. The first-order valence-corrected chi connectivity index (χ1v) is 6.61. The summed E-state index contributed by atoms with van der Waals surface area (Å²) in [4.78, 5) is 13.4. The second-order valence-corrected chi connectivity index (χ2v) is 5.49. The van der Waals surface area contributed by atoms with E-state index in [1.165, 1.54) is 16.2 Å². The van der Waals surface area contributed by atoms with Crippen molar-refractivity contribution in [1.29, 1.82) is 0 Å².